The number of thiophene rings is 1. The molecule has 1 amide bonds. The summed E-state index contributed by atoms with van der Waals surface area (Å²) in [7, 11) is 0. The second-order valence-corrected chi connectivity index (χ2v) is 6.31. The number of nitrogens with two attached hydrogens (primary N) is 1. The zero-order chi connectivity index (χ0) is 13.8. The topological polar surface area (TPSA) is 61.6 Å². The first-order valence-electron chi connectivity index (χ1n) is 6.66. The van der Waals surface area contributed by atoms with Crippen LogP contribution in [0.1, 0.15) is 28.4 Å². The normalized spacial score (nSPS) is 17.9. The first-order valence-corrected chi connectivity index (χ1v) is 7.48. The van der Waals surface area contributed by atoms with Crippen molar-refractivity contribution in [1.29, 1.82) is 0 Å². The lowest BCUT2D eigenvalue weighted by molar-refractivity contribution is 0.0957. The summed E-state index contributed by atoms with van der Waals surface area (Å²) in [6, 6.07) is 4.49. The number of nitrogen functional groups attached to an aromatic ring is 1. The van der Waals surface area contributed by atoms with Crippen molar-refractivity contribution in [2.75, 3.05) is 26.2 Å². The van der Waals surface area contributed by atoms with E-state index in [1.54, 1.807) is 0 Å². The molecule has 106 valence electrons. The van der Waals surface area contributed by atoms with E-state index in [2.05, 4.69) is 29.1 Å². The molecule has 1 saturated heterocycles. The lowest BCUT2D eigenvalue weighted by atomic mass is 10.2. The maximum absolute atomic E-state index is 11.4. The van der Waals surface area contributed by atoms with Gasteiger partial charge in [0.15, 0.2) is 0 Å². The highest BCUT2D eigenvalue weighted by Gasteiger charge is 2.19. The van der Waals surface area contributed by atoms with Crippen molar-refractivity contribution >= 4 is 17.2 Å². The Labute approximate surface area is 118 Å². The van der Waals surface area contributed by atoms with E-state index in [1.807, 2.05) is 12.1 Å². The number of nitrogens with zero attached hydrogens (tertiary/aromatic N) is 2. The number of hydrazine groups is 1. The van der Waals surface area contributed by atoms with E-state index >= 15 is 0 Å². The van der Waals surface area contributed by atoms with Crippen LogP contribution in [-0.4, -0.2) is 47.9 Å². The molecule has 2 rings (SSSR count). The third-order valence-electron chi connectivity index (χ3n) is 3.53. The average molecular weight is 282 g/mol. The molecule has 3 N–H and O–H groups in total. The second kappa shape index (κ2) is 6.47. The van der Waals surface area contributed by atoms with Crippen LogP contribution in [0.2, 0.25) is 0 Å². The molecule has 0 aromatic carbocycles. The summed E-state index contributed by atoms with van der Waals surface area (Å²) in [6.07, 6.45) is 0. The zero-order valence-corrected chi connectivity index (χ0v) is 12.4. The van der Waals surface area contributed by atoms with Crippen LogP contribution < -0.4 is 11.3 Å². The molecule has 1 aromatic heterocycles. The number of piperazine rings is 1. The smallest absolute Gasteiger partial charge is 0.275 e. The van der Waals surface area contributed by atoms with Gasteiger partial charge in [-0.3, -0.25) is 20.0 Å². The summed E-state index contributed by atoms with van der Waals surface area (Å²) in [6.45, 7) is 9.84. The monoisotopic (exact) mass is 282 g/mol. The fraction of sp³-hybridized carbons (Fsp3) is 0.615. The molecular formula is C13H22N4OS. The Morgan fingerprint density at radius 3 is 2.63 bits per heavy atom. The Kier molecular flexibility index (Phi) is 4.93. The van der Waals surface area contributed by atoms with E-state index in [0.717, 1.165) is 32.7 Å². The quantitative estimate of drug-likeness (QED) is 0.489. The number of hydrogen-bond acceptors (Lipinski definition) is 5. The van der Waals surface area contributed by atoms with Crippen LogP contribution in [0.15, 0.2) is 12.1 Å². The molecule has 5 nitrogen and oxygen atoms in total. The molecule has 6 heteroatoms. The van der Waals surface area contributed by atoms with Crippen molar-refractivity contribution in [1.82, 2.24) is 15.2 Å². The molecule has 1 fully saturated rings. The number of hydrogen-bond donors (Lipinski definition) is 2. The first kappa shape index (κ1) is 14.5. The molecule has 0 unspecified atom stereocenters. The predicted octanol–water partition coefficient (Wildman–Crippen LogP) is 0.878. The van der Waals surface area contributed by atoms with Gasteiger partial charge >= 0.3 is 0 Å². The third-order valence-corrected chi connectivity index (χ3v) is 4.60. The van der Waals surface area contributed by atoms with E-state index in [1.165, 1.54) is 16.2 Å². The third kappa shape index (κ3) is 3.76. The van der Waals surface area contributed by atoms with Gasteiger partial charge in [-0.05, 0) is 26.0 Å². The molecule has 1 aliphatic rings. The summed E-state index contributed by atoms with van der Waals surface area (Å²) < 4.78 is 0. The number of amides is 1. The SMILES string of the molecule is CC(C)N1CCN(Cc2ccc(C(=O)NN)s2)CC1. The van der Waals surface area contributed by atoms with Gasteiger partial charge in [0.25, 0.3) is 5.91 Å². The molecule has 0 spiro atoms. The molecule has 0 radical (unpaired) electrons. The highest BCUT2D eigenvalue weighted by atomic mass is 32.1. The highest BCUT2D eigenvalue weighted by molar-refractivity contribution is 7.14. The maximum atomic E-state index is 11.4. The number of carbonyl (C=O) groups excluding carboxylic acids is 1. The van der Waals surface area contributed by atoms with Crippen molar-refractivity contribution in [3.8, 4) is 0 Å². The standard InChI is InChI=1S/C13H22N4OS/c1-10(2)17-7-5-16(6-8-17)9-11-3-4-12(19-11)13(18)15-14/h3-4,10H,5-9,14H2,1-2H3,(H,15,18). The Bertz CT molecular complexity index is 424. The van der Waals surface area contributed by atoms with Gasteiger partial charge in [-0.25, -0.2) is 5.84 Å². The minimum atomic E-state index is -0.208. The largest absolute Gasteiger partial charge is 0.298 e. The first-order chi connectivity index (χ1) is 9.10. The zero-order valence-electron chi connectivity index (χ0n) is 11.6. The minimum Gasteiger partial charge on any atom is -0.298 e. The van der Waals surface area contributed by atoms with Gasteiger partial charge in [-0.2, -0.15) is 0 Å². The van der Waals surface area contributed by atoms with Gasteiger partial charge < -0.3 is 0 Å². The predicted molar refractivity (Wildman–Crippen MR) is 78.0 cm³/mol. The minimum absolute atomic E-state index is 0.208. The molecule has 1 aromatic rings. The van der Waals surface area contributed by atoms with E-state index in [9.17, 15) is 4.79 Å². The number of rotatable bonds is 4. The molecule has 2 heterocycles. The molecule has 19 heavy (non-hydrogen) atoms. The van der Waals surface area contributed by atoms with Crippen LogP contribution in [-0.2, 0) is 6.54 Å². The molecule has 1 aliphatic heterocycles. The van der Waals surface area contributed by atoms with Gasteiger partial charge in [-0.15, -0.1) is 11.3 Å². The Morgan fingerprint density at radius 1 is 1.37 bits per heavy atom. The molecule has 0 bridgehead atoms. The maximum Gasteiger partial charge on any atom is 0.275 e. The van der Waals surface area contributed by atoms with Crippen LogP contribution in [0.3, 0.4) is 0 Å². The summed E-state index contributed by atoms with van der Waals surface area (Å²) in [4.78, 5) is 18.2. The summed E-state index contributed by atoms with van der Waals surface area (Å²) in [5.41, 5.74) is 2.17. The summed E-state index contributed by atoms with van der Waals surface area (Å²) in [5.74, 6) is 4.92. The van der Waals surface area contributed by atoms with Gasteiger partial charge in [0, 0.05) is 43.6 Å². The van der Waals surface area contributed by atoms with Crippen LogP contribution in [0, 0.1) is 0 Å². The van der Waals surface area contributed by atoms with Gasteiger partial charge in [0.2, 0.25) is 0 Å². The average Bonchev–Trinajstić information content (AvgIpc) is 2.87. The number of nitrogens with one attached hydrogen (secondary N) is 1. The number of carbonyl (C=O) groups is 1. The second-order valence-electron chi connectivity index (χ2n) is 5.15. The lowest BCUT2D eigenvalue weighted by Crippen LogP contribution is -2.48. The fourth-order valence-electron chi connectivity index (χ4n) is 2.31. The van der Waals surface area contributed by atoms with Crippen molar-refractivity contribution in [3.05, 3.63) is 21.9 Å². The Hall–Kier alpha value is -0.950. The van der Waals surface area contributed by atoms with E-state index in [0.29, 0.717) is 10.9 Å². The van der Waals surface area contributed by atoms with E-state index in [-0.39, 0.29) is 5.91 Å². The molecule has 0 aliphatic carbocycles. The van der Waals surface area contributed by atoms with Crippen LogP contribution in [0.5, 0.6) is 0 Å². The van der Waals surface area contributed by atoms with Crippen molar-refractivity contribution in [2.24, 2.45) is 5.84 Å². The van der Waals surface area contributed by atoms with Gasteiger partial charge in [0.1, 0.15) is 0 Å². The summed E-state index contributed by atoms with van der Waals surface area (Å²) >= 11 is 1.52. The van der Waals surface area contributed by atoms with Gasteiger partial charge in [-0.1, -0.05) is 0 Å². The van der Waals surface area contributed by atoms with Gasteiger partial charge in [0.05, 0.1) is 4.88 Å². The Balaban J connectivity index is 1.85. The van der Waals surface area contributed by atoms with Crippen LogP contribution in [0.25, 0.3) is 0 Å². The summed E-state index contributed by atoms with van der Waals surface area (Å²) in [5, 5.41) is 0. The fourth-order valence-corrected chi connectivity index (χ4v) is 3.27. The van der Waals surface area contributed by atoms with E-state index < -0.39 is 0 Å². The van der Waals surface area contributed by atoms with Crippen molar-refractivity contribution in [2.45, 2.75) is 26.4 Å². The Morgan fingerprint density at radius 2 is 2.05 bits per heavy atom. The van der Waals surface area contributed by atoms with E-state index in [4.69, 9.17) is 5.84 Å². The lowest BCUT2D eigenvalue weighted by Gasteiger charge is -2.36. The van der Waals surface area contributed by atoms with Crippen LogP contribution in [0.4, 0.5) is 0 Å². The molecule has 0 saturated carbocycles. The van der Waals surface area contributed by atoms with Crippen molar-refractivity contribution < 1.29 is 4.79 Å². The molecular weight excluding hydrogens is 260 g/mol. The molecule has 0 atom stereocenters. The van der Waals surface area contributed by atoms with Crippen molar-refractivity contribution in [3.63, 3.8) is 0 Å². The van der Waals surface area contributed by atoms with Crippen LogP contribution >= 0.6 is 11.3 Å². The highest BCUT2D eigenvalue weighted by Crippen LogP contribution is 2.19.